The molecule has 0 aromatic heterocycles. The van der Waals surface area contributed by atoms with Gasteiger partial charge in [-0.15, -0.1) is 0 Å². The summed E-state index contributed by atoms with van der Waals surface area (Å²) in [5.74, 6) is -2.23. The third-order valence-corrected chi connectivity index (χ3v) is 5.38. The van der Waals surface area contributed by atoms with Gasteiger partial charge < -0.3 is 16.0 Å². The number of benzene rings is 2. The van der Waals surface area contributed by atoms with Gasteiger partial charge in [-0.2, -0.15) is 0 Å². The second kappa shape index (κ2) is 9.60. The van der Waals surface area contributed by atoms with Crippen molar-refractivity contribution in [2.75, 3.05) is 26.2 Å². The van der Waals surface area contributed by atoms with Crippen molar-refractivity contribution in [2.24, 2.45) is 17.6 Å². The van der Waals surface area contributed by atoms with Gasteiger partial charge in [0.05, 0.1) is 11.8 Å². The minimum Gasteiger partial charge on any atom is -0.369 e. The average Bonchev–Trinajstić information content (AvgIpc) is 3.20. The van der Waals surface area contributed by atoms with Gasteiger partial charge in [0.1, 0.15) is 11.6 Å². The third kappa shape index (κ3) is 5.60. The van der Waals surface area contributed by atoms with E-state index in [1.165, 1.54) is 24.3 Å². The predicted molar refractivity (Wildman–Crippen MR) is 106 cm³/mol. The van der Waals surface area contributed by atoms with Crippen LogP contribution in [0.25, 0.3) is 0 Å². The topological polar surface area (TPSA) is 75.4 Å². The number of primary amides is 1. The molecule has 0 radical (unpaired) electrons. The number of carbonyl (C=O) groups excluding carboxylic acids is 2. The lowest BCUT2D eigenvalue weighted by Gasteiger charge is -2.27. The molecule has 2 aromatic rings. The summed E-state index contributed by atoms with van der Waals surface area (Å²) in [6.45, 7) is 1.69. The zero-order valence-corrected chi connectivity index (χ0v) is 16.1. The molecule has 0 saturated carbocycles. The Morgan fingerprint density at radius 3 is 1.76 bits per heavy atom. The maximum atomic E-state index is 13.2. The van der Waals surface area contributed by atoms with Crippen LogP contribution in [0, 0.1) is 23.5 Å². The molecule has 29 heavy (non-hydrogen) atoms. The molecule has 1 heterocycles. The first kappa shape index (κ1) is 20.9. The predicted octanol–water partition coefficient (Wildman–Crippen LogP) is 1.90. The fourth-order valence-electron chi connectivity index (χ4n) is 3.63. The Morgan fingerprint density at radius 1 is 0.862 bits per heavy atom. The lowest BCUT2D eigenvalue weighted by Crippen LogP contribution is -2.44. The fourth-order valence-corrected chi connectivity index (χ4v) is 3.63. The number of hydrogen-bond donors (Lipinski definition) is 2. The number of nitrogens with zero attached hydrogens (tertiary/aromatic N) is 1. The highest BCUT2D eigenvalue weighted by molar-refractivity contribution is 5.88. The summed E-state index contributed by atoms with van der Waals surface area (Å²) in [7, 11) is 0. The SMILES string of the molecule is NC(=O)[C@@H]1CNC[C@H]1C(=O)N(CCc1ccc(F)cc1)CCc1ccc(F)cc1. The molecule has 7 heteroatoms. The van der Waals surface area contributed by atoms with Crippen molar-refractivity contribution in [1.29, 1.82) is 0 Å². The van der Waals surface area contributed by atoms with E-state index in [1.54, 1.807) is 29.2 Å². The molecule has 2 amide bonds. The Morgan fingerprint density at radius 2 is 1.31 bits per heavy atom. The number of amides is 2. The normalized spacial score (nSPS) is 18.6. The number of nitrogens with two attached hydrogens (primary N) is 1. The Labute approximate surface area is 168 Å². The lowest BCUT2D eigenvalue weighted by molar-refractivity contribution is -0.139. The van der Waals surface area contributed by atoms with Crippen LogP contribution in [0.1, 0.15) is 11.1 Å². The van der Waals surface area contributed by atoms with Crippen LogP contribution in [0.2, 0.25) is 0 Å². The van der Waals surface area contributed by atoms with E-state index in [0.29, 0.717) is 39.0 Å². The van der Waals surface area contributed by atoms with E-state index in [1.807, 2.05) is 0 Å². The number of carbonyl (C=O) groups is 2. The standard InChI is InChI=1S/C22H25F2N3O2/c23-17-5-1-15(2-6-17)9-11-27(12-10-16-3-7-18(24)8-4-16)22(29)20-14-26-13-19(20)21(25)28/h1-8,19-20,26H,9-14H2,(H2,25,28)/t19-,20-/m1/s1. The molecule has 0 bridgehead atoms. The van der Waals surface area contributed by atoms with Crippen molar-refractivity contribution >= 4 is 11.8 Å². The Bertz CT molecular complexity index is 791. The molecule has 1 saturated heterocycles. The zero-order valence-electron chi connectivity index (χ0n) is 16.1. The molecule has 3 N–H and O–H groups in total. The van der Waals surface area contributed by atoms with Crippen molar-refractivity contribution in [2.45, 2.75) is 12.8 Å². The highest BCUT2D eigenvalue weighted by Crippen LogP contribution is 2.20. The fraction of sp³-hybridized carbons (Fsp3) is 0.364. The van der Waals surface area contributed by atoms with E-state index in [2.05, 4.69) is 5.32 Å². The monoisotopic (exact) mass is 401 g/mol. The number of halogens is 2. The summed E-state index contributed by atoms with van der Waals surface area (Å²) >= 11 is 0. The van der Waals surface area contributed by atoms with Crippen LogP contribution < -0.4 is 11.1 Å². The highest BCUT2D eigenvalue weighted by atomic mass is 19.1. The summed E-state index contributed by atoms with van der Waals surface area (Å²) in [4.78, 5) is 26.6. The summed E-state index contributed by atoms with van der Waals surface area (Å²) in [5, 5.41) is 3.07. The minimum atomic E-state index is -0.526. The van der Waals surface area contributed by atoms with E-state index < -0.39 is 17.7 Å². The highest BCUT2D eigenvalue weighted by Gasteiger charge is 2.38. The second-order valence-corrected chi connectivity index (χ2v) is 7.35. The first-order valence-corrected chi connectivity index (χ1v) is 9.72. The van der Waals surface area contributed by atoms with Crippen molar-refractivity contribution in [3.8, 4) is 0 Å². The van der Waals surface area contributed by atoms with Crippen LogP contribution in [0.15, 0.2) is 48.5 Å². The van der Waals surface area contributed by atoms with Crippen molar-refractivity contribution < 1.29 is 18.4 Å². The van der Waals surface area contributed by atoms with Gasteiger partial charge in [0.25, 0.3) is 0 Å². The quantitative estimate of drug-likeness (QED) is 0.710. The Balaban J connectivity index is 1.70. The van der Waals surface area contributed by atoms with Crippen LogP contribution in [-0.4, -0.2) is 42.9 Å². The van der Waals surface area contributed by atoms with Gasteiger partial charge in [0.15, 0.2) is 0 Å². The van der Waals surface area contributed by atoms with Gasteiger partial charge in [-0.3, -0.25) is 9.59 Å². The van der Waals surface area contributed by atoms with Crippen LogP contribution in [0.5, 0.6) is 0 Å². The summed E-state index contributed by atoms with van der Waals surface area (Å²) in [6.07, 6.45) is 1.13. The van der Waals surface area contributed by atoms with Gasteiger partial charge in [0, 0.05) is 26.2 Å². The molecule has 2 aromatic carbocycles. The summed E-state index contributed by atoms with van der Waals surface area (Å²) < 4.78 is 26.3. The molecule has 0 aliphatic carbocycles. The molecule has 2 atom stereocenters. The van der Waals surface area contributed by atoms with Gasteiger partial charge in [-0.25, -0.2) is 8.78 Å². The number of rotatable bonds is 8. The molecule has 5 nitrogen and oxygen atoms in total. The van der Waals surface area contributed by atoms with E-state index in [4.69, 9.17) is 5.73 Å². The van der Waals surface area contributed by atoms with Gasteiger partial charge in [0.2, 0.25) is 11.8 Å². The van der Waals surface area contributed by atoms with Gasteiger partial charge in [-0.05, 0) is 48.2 Å². The number of hydrogen-bond acceptors (Lipinski definition) is 3. The average molecular weight is 401 g/mol. The molecule has 0 spiro atoms. The van der Waals surface area contributed by atoms with Crippen molar-refractivity contribution in [3.05, 3.63) is 71.3 Å². The molecule has 0 unspecified atom stereocenters. The van der Waals surface area contributed by atoms with Crippen molar-refractivity contribution in [3.63, 3.8) is 0 Å². The molecule has 1 aliphatic rings. The Kier molecular flexibility index (Phi) is 6.93. The van der Waals surface area contributed by atoms with Crippen molar-refractivity contribution in [1.82, 2.24) is 10.2 Å². The lowest BCUT2D eigenvalue weighted by atomic mass is 9.93. The van der Waals surface area contributed by atoms with E-state index >= 15 is 0 Å². The van der Waals surface area contributed by atoms with Gasteiger partial charge in [-0.1, -0.05) is 24.3 Å². The van der Waals surface area contributed by atoms with Crippen LogP contribution in [0.3, 0.4) is 0 Å². The summed E-state index contributed by atoms with van der Waals surface area (Å²) in [5.41, 5.74) is 7.30. The molecule has 154 valence electrons. The largest absolute Gasteiger partial charge is 0.369 e. The molecule has 3 rings (SSSR count). The second-order valence-electron chi connectivity index (χ2n) is 7.35. The number of nitrogens with one attached hydrogen (secondary N) is 1. The van der Waals surface area contributed by atoms with Gasteiger partial charge >= 0.3 is 0 Å². The molecule has 1 fully saturated rings. The first-order chi connectivity index (χ1) is 13.9. The maximum Gasteiger partial charge on any atom is 0.227 e. The maximum absolute atomic E-state index is 13.2. The Hall–Kier alpha value is -2.80. The van der Waals surface area contributed by atoms with Crippen LogP contribution in [-0.2, 0) is 22.4 Å². The minimum absolute atomic E-state index is 0.122. The van der Waals surface area contributed by atoms with E-state index in [-0.39, 0.29) is 17.5 Å². The van der Waals surface area contributed by atoms with E-state index in [0.717, 1.165) is 11.1 Å². The first-order valence-electron chi connectivity index (χ1n) is 9.72. The molecule has 1 aliphatic heterocycles. The third-order valence-electron chi connectivity index (χ3n) is 5.38. The van der Waals surface area contributed by atoms with Crippen LogP contribution in [0.4, 0.5) is 8.78 Å². The summed E-state index contributed by atoms with van der Waals surface area (Å²) in [6, 6.07) is 12.4. The molecular weight excluding hydrogens is 376 g/mol. The zero-order chi connectivity index (χ0) is 20.8. The molecular formula is C22H25F2N3O2. The smallest absolute Gasteiger partial charge is 0.227 e. The van der Waals surface area contributed by atoms with E-state index in [9.17, 15) is 18.4 Å². The van der Waals surface area contributed by atoms with Crippen LogP contribution >= 0.6 is 0 Å².